The molecular formula is C13H15NOS. The molecule has 1 atom stereocenters. The standard InChI is InChI=1S/C13H15NOS/c1-10(14-11-7-8-16-9-11)12-5-3-4-6-13(12)15-2/h3-10,14H,1-2H3. The van der Waals surface area contributed by atoms with Crippen molar-refractivity contribution in [2.24, 2.45) is 0 Å². The SMILES string of the molecule is COc1ccccc1C(C)Nc1ccsc1. The highest BCUT2D eigenvalue weighted by Crippen LogP contribution is 2.27. The van der Waals surface area contributed by atoms with Crippen molar-refractivity contribution in [1.82, 2.24) is 0 Å². The molecule has 0 fully saturated rings. The molecule has 0 bridgehead atoms. The number of benzene rings is 1. The molecule has 0 saturated carbocycles. The lowest BCUT2D eigenvalue weighted by molar-refractivity contribution is 0.408. The van der Waals surface area contributed by atoms with E-state index in [0.29, 0.717) is 0 Å². The van der Waals surface area contributed by atoms with Crippen LogP contribution in [0.15, 0.2) is 41.1 Å². The van der Waals surface area contributed by atoms with Crippen molar-refractivity contribution in [1.29, 1.82) is 0 Å². The molecule has 0 radical (unpaired) electrons. The molecule has 0 aliphatic heterocycles. The number of rotatable bonds is 4. The summed E-state index contributed by atoms with van der Waals surface area (Å²) in [7, 11) is 1.70. The Bertz CT molecular complexity index is 439. The summed E-state index contributed by atoms with van der Waals surface area (Å²) in [4.78, 5) is 0. The molecule has 0 aliphatic rings. The maximum absolute atomic E-state index is 5.35. The number of nitrogens with one attached hydrogen (secondary N) is 1. The van der Waals surface area contributed by atoms with Gasteiger partial charge in [-0.1, -0.05) is 18.2 Å². The van der Waals surface area contributed by atoms with Crippen LogP contribution in [0, 0.1) is 0 Å². The molecule has 2 aromatic rings. The smallest absolute Gasteiger partial charge is 0.124 e. The van der Waals surface area contributed by atoms with E-state index in [9.17, 15) is 0 Å². The Morgan fingerprint density at radius 2 is 2.06 bits per heavy atom. The van der Waals surface area contributed by atoms with Gasteiger partial charge in [0.05, 0.1) is 13.2 Å². The molecule has 2 rings (SSSR count). The van der Waals surface area contributed by atoms with E-state index >= 15 is 0 Å². The number of methoxy groups -OCH3 is 1. The summed E-state index contributed by atoms with van der Waals surface area (Å²) in [6.07, 6.45) is 0. The van der Waals surface area contributed by atoms with Crippen LogP contribution in [0.4, 0.5) is 5.69 Å². The van der Waals surface area contributed by atoms with Gasteiger partial charge in [0.1, 0.15) is 5.75 Å². The van der Waals surface area contributed by atoms with Crippen LogP contribution in [-0.2, 0) is 0 Å². The minimum absolute atomic E-state index is 0.241. The summed E-state index contributed by atoms with van der Waals surface area (Å²) in [6.45, 7) is 2.13. The maximum atomic E-state index is 5.35. The number of ether oxygens (including phenoxy) is 1. The van der Waals surface area contributed by atoms with Gasteiger partial charge in [-0.2, -0.15) is 11.3 Å². The molecule has 16 heavy (non-hydrogen) atoms. The van der Waals surface area contributed by atoms with Crippen LogP contribution >= 0.6 is 11.3 Å². The van der Waals surface area contributed by atoms with Gasteiger partial charge in [-0.25, -0.2) is 0 Å². The molecule has 1 unspecified atom stereocenters. The first-order valence-electron chi connectivity index (χ1n) is 5.23. The fraction of sp³-hybridized carbons (Fsp3) is 0.231. The second-order valence-corrected chi connectivity index (χ2v) is 4.40. The van der Waals surface area contributed by atoms with E-state index in [1.165, 1.54) is 5.56 Å². The van der Waals surface area contributed by atoms with Crippen LogP contribution in [0.1, 0.15) is 18.5 Å². The average molecular weight is 233 g/mol. The molecule has 1 aromatic heterocycles. The van der Waals surface area contributed by atoms with E-state index < -0.39 is 0 Å². The Balaban J connectivity index is 2.17. The molecule has 0 aliphatic carbocycles. The maximum Gasteiger partial charge on any atom is 0.124 e. The van der Waals surface area contributed by atoms with E-state index in [0.717, 1.165) is 11.4 Å². The molecule has 1 N–H and O–H groups in total. The molecular weight excluding hydrogens is 218 g/mol. The molecule has 84 valence electrons. The van der Waals surface area contributed by atoms with Crippen LogP contribution in [0.25, 0.3) is 0 Å². The molecule has 2 nitrogen and oxygen atoms in total. The quantitative estimate of drug-likeness (QED) is 0.864. The van der Waals surface area contributed by atoms with Crippen LogP contribution in [0.2, 0.25) is 0 Å². The van der Waals surface area contributed by atoms with Gasteiger partial charge in [-0.3, -0.25) is 0 Å². The van der Waals surface area contributed by atoms with Crippen molar-refractivity contribution in [2.75, 3.05) is 12.4 Å². The van der Waals surface area contributed by atoms with Crippen LogP contribution in [0.5, 0.6) is 5.75 Å². The van der Waals surface area contributed by atoms with E-state index in [4.69, 9.17) is 4.74 Å². The fourth-order valence-corrected chi connectivity index (χ4v) is 2.30. The molecule has 3 heteroatoms. The van der Waals surface area contributed by atoms with Crippen molar-refractivity contribution in [3.05, 3.63) is 46.7 Å². The highest BCUT2D eigenvalue weighted by Gasteiger charge is 2.10. The topological polar surface area (TPSA) is 21.3 Å². The summed E-state index contributed by atoms with van der Waals surface area (Å²) in [5, 5.41) is 7.61. The van der Waals surface area contributed by atoms with E-state index in [-0.39, 0.29) is 6.04 Å². The normalized spacial score (nSPS) is 12.1. The first-order valence-corrected chi connectivity index (χ1v) is 6.17. The lowest BCUT2D eigenvalue weighted by atomic mass is 10.1. The Kier molecular flexibility index (Phi) is 3.47. The van der Waals surface area contributed by atoms with Gasteiger partial charge in [0.25, 0.3) is 0 Å². The highest BCUT2D eigenvalue weighted by atomic mass is 32.1. The monoisotopic (exact) mass is 233 g/mol. The first kappa shape index (κ1) is 11.0. The number of anilines is 1. The van der Waals surface area contributed by atoms with Crippen molar-refractivity contribution in [2.45, 2.75) is 13.0 Å². The lowest BCUT2D eigenvalue weighted by Gasteiger charge is -2.17. The Morgan fingerprint density at radius 1 is 1.25 bits per heavy atom. The predicted octanol–water partition coefficient (Wildman–Crippen LogP) is 3.93. The Morgan fingerprint density at radius 3 is 2.75 bits per heavy atom. The second-order valence-electron chi connectivity index (χ2n) is 3.62. The van der Waals surface area contributed by atoms with Gasteiger partial charge in [-0.15, -0.1) is 0 Å². The van der Waals surface area contributed by atoms with Crippen molar-refractivity contribution < 1.29 is 4.74 Å². The van der Waals surface area contributed by atoms with Gasteiger partial charge in [0.15, 0.2) is 0 Å². The zero-order valence-corrected chi connectivity index (χ0v) is 10.3. The van der Waals surface area contributed by atoms with Crippen LogP contribution < -0.4 is 10.1 Å². The molecule has 0 amide bonds. The predicted molar refractivity (Wildman–Crippen MR) is 69.4 cm³/mol. The third-order valence-electron chi connectivity index (χ3n) is 2.51. The Labute approximate surface area is 99.9 Å². The lowest BCUT2D eigenvalue weighted by Crippen LogP contribution is -2.07. The summed E-state index contributed by atoms with van der Waals surface area (Å²) in [6, 6.07) is 10.4. The Hall–Kier alpha value is -1.48. The summed E-state index contributed by atoms with van der Waals surface area (Å²) >= 11 is 1.69. The van der Waals surface area contributed by atoms with Gasteiger partial charge in [0.2, 0.25) is 0 Å². The number of hydrogen-bond donors (Lipinski definition) is 1. The third kappa shape index (κ3) is 2.36. The zero-order valence-electron chi connectivity index (χ0n) is 9.44. The third-order valence-corrected chi connectivity index (χ3v) is 3.19. The van der Waals surface area contributed by atoms with Crippen LogP contribution in [-0.4, -0.2) is 7.11 Å². The zero-order chi connectivity index (χ0) is 11.4. The largest absolute Gasteiger partial charge is 0.496 e. The van der Waals surface area contributed by atoms with Crippen LogP contribution in [0.3, 0.4) is 0 Å². The summed E-state index contributed by atoms with van der Waals surface area (Å²) in [5.41, 5.74) is 2.33. The van der Waals surface area contributed by atoms with Gasteiger partial charge in [0, 0.05) is 16.6 Å². The van der Waals surface area contributed by atoms with Crippen molar-refractivity contribution in [3.63, 3.8) is 0 Å². The number of thiophene rings is 1. The van der Waals surface area contributed by atoms with E-state index in [1.54, 1.807) is 18.4 Å². The minimum Gasteiger partial charge on any atom is -0.496 e. The van der Waals surface area contributed by atoms with Crippen molar-refractivity contribution >= 4 is 17.0 Å². The molecule has 1 aromatic carbocycles. The van der Waals surface area contributed by atoms with Crippen molar-refractivity contribution in [3.8, 4) is 5.75 Å². The summed E-state index contributed by atoms with van der Waals surface area (Å²) < 4.78 is 5.35. The first-order chi connectivity index (χ1) is 7.81. The molecule has 1 heterocycles. The summed E-state index contributed by atoms with van der Waals surface area (Å²) in [5.74, 6) is 0.928. The molecule has 0 saturated heterocycles. The average Bonchev–Trinajstić information content (AvgIpc) is 2.81. The fourth-order valence-electron chi connectivity index (χ4n) is 1.70. The minimum atomic E-state index is 0.241. The van der Waals surface area contributed by atoms with Gasteiger partial charge in [-0.05, 0) is 24.4 Å². The number of para-hydroxylation sites is 1. The molecule has 0 spiro atoms. The highest BCUT2D eigenvalue weighted by molar-refractivity contribution is 7.08. The second kappa shape index (κ2) is 5.03. The van der Waals surface area contributed by atoms with Gasteiger partial charge < -0.3 is 10.1 Å². The van der Waals surface area contributed by atoms with Gasteiger partial charge >= 0.3 is 0 Å². The van der Waals surface area contributed by atoms with E-state index in [1.807, 2.05) is 18.2 Å². The number of hydrogen-bond acceptors (Lipinski definition) is 3. The van der Waals surface area contributed by atoms with E-state index in [2.05, 4.69) is 35.1 Å².